The number of carboxylic acid groups (broad SMARTS) is 2. The number of rotatable bonds is 5. The Morgan fingerprint density at radius 2 is 1.95 bits per heavy atom. The fourth-order valence-electron chi connectivity index (χ4n) is 2.11. The van der Waals surface area contributed by atoms with Crippen molar-refractivity contribution in [3.8, 4) is 0 Å². The molecule has 0 fully saturated rings. The van der Waals surface area contributed by atoms with E-state index in [-0.39, 0.29) is 24.8 Å². The lowest BCUT2D eigenvalue weighted by molar-refractivity contribution is -0.143. The number of carboxylic acids is 2. The van der Waals surface area contributed by atoms with Crippen molar-refractivity contribution in [1.82, 2.24) is 5.32 Å². The molecule has 0 saturated heterocycles. The van der Waals surface area contributed by atoms with E-state index in [1.807, 2.05) is 13.1 Å². The third-order valence-corrected chi connectivity index (χ3v) is 3.10. The largest absolute Gasteiger partial charge is 0.481 e. The molecule has 122 valence electrons. The summed E-state index contributed by atoms with van der Waals surface area (Å²) in [6.45, 7) is 1.34. The second-order valence-corrected chi connectivity index (χ2v) is 4.77. The van der Waals surface area contributed by atoms with Crippen LogP contribution in [0.2, 0.25) is 0 Å². The molecular weight excluding hydrogens is 293 g/mol. The first-order chi connectivity index (χ1) is 10.5. The molecular formula is C15H20FNO5. The summed E-state index contributed by atoms with van der Waals surface area (Å²) in [5, 5.41) is 18.8. The van der Waals surface area contributed by atoms with Crippen molar-refractivity contribution in [2.75, 3.05) is 20.2 Å². The number of aliphatic carboxylic acids is 2. The molecule has 1 aromatic rings. The second-order valence-electron chi connectivity index (χ2n) is 4.77. The van der Waals surface area contributed by atoms with E-state index >= 15 is 0 Å². The lowest BCUT2D eigenvalue weighted by atomic mass is 9.97. The molecule has 0 bridgehead atoms. The second kappa shape index (κ2) is 9.11. The zero-order valence-electron chi connectivity index (χ0n) is 12.3. The van der Waals surface area contributed by atoms with Crippen molar-refractivity contribution >= 4 is 11.9 Å². The molecule has 0 saturated carbocycles. The van der Waals surface area contributed by atoms with Crippen molar-refractivity contribution < 1.29 is 28.9 Å². The van der Waals surface area contributed by atoms with Crippen molar-refractivity contribution in [3.05, 3.63) is 35.1 Å². The Balaban J connectivity index is 0.000000261. The van der Waals surface area contributed by atoms with E-state index in [1.165, 1.54) is 6.07 Å². The van der Waals surface area contributed by atoms with Crippen LogP contribution in [0.25, 0.3) is 0 Å². The van der Waals surface area contributed by atoms with Crippen LogP contribution in [-0.4, -0.2) is 42.4 Å². The number of halogens is 1. The van der Waals surface area contributed by atoms with Gasteiger partial charge in [-0.05, 0) is 25.1 Å². The zero-order chi connectivity index (χ0) is 16.5. The molecule has 22 heavy (non-hydrogen) atoms. The summed E-state index contributed by atoms with van der Waals surface area (Å²) >= 11 is 0. The number of benzene rings is 1. The number of likely N-dealkylation sites (N-methyl/N-ethyl adjacent to an activating group) is 1. The molecule has 3 N–H and O–H groups in total. The molecule has 2 rings (SSSR count). The number of hydrogen-bond donors (Lipinski definition) is 3. The number of ether oxygens (including phenoxy) is 1. The molecule has 6 nitrogen and oxygen atoms in total. The van der Waals surface area contributed by atoms with Gasteiger partial charge in [-0.25, -0.2) is 4.39 Å². The van der Waals surface area contributed by atoms with Crippen LogP contribution in [-0.2, 0) is 20.7 Å². The van der Waals surface area contributed by atoms with Crippen LogP contribution in [0.5, 0.6) is 0 Å². The van der Waals surface area contributed by atoms with Gasteiger partial charge >= 0.3 is 11.9 Å². The van der Waals surface area contributed by atoms with Crippen LogP contribution >= 0.6 is 0 Å². The maximum atomic E-state index is 13.5. The third-order valence-electron chi connectivity index (χ3n) is 3.10. The van der Waals surface area contributed by atoms with Gasteiger partial charge < -0.3 is 20.3 Å². The Morgan fingerprint density at radius 3 is 2.50 bits per heavy atom. The molecule has 0 aromatic heterocycles. The Hall–Kier alpha value is -1.99. The quantitative estimate of drug-likeness (QED) is 0.764. The molecule has 7 heteroatoms. The predicted molar refractivity (Wildman–Crippen MR) is 77.2 cm³/mol. The summed E-state index contributed by atoms with van der Waals surface area (Å²) in [7, 11) is 1.85. The number of fused-ring (bicyclic) bond motifs is 1. The van der Waals surface area contributed by atoms with Gasteiger partial charge in [-0.15, -0.1) is 0 Å². The van der Waals surface area contributed by atoms with Crippen LogP contribution in [0.3, 0.4) is 0 Å². The van der Waals surface area contributed by atoms with Gasteiger partial charge in [0.05, 0.1) is 25.6 Å². The summed E-state index contributed by atoms with van der Waals surface area (Å²) in [4.78, 5) is 19.3. The minimum absolute atomic E-state index is 0.134. The minimum Gasteiger partial charge on any atom is -0.481 e. The highest BCUT2D eigenvalue weighted by atomic mass is 19.1. The molecule has 1 aromatic carbocycles. The van der Waals surface area contributed by atoms with Crippen LogP contribution in [0.1, 0.15) is 30.1 Å². The zero-order valence-corrected chi connectivity index (χ0v) is 12.3. The summed E-state index contributed by atoms with van der Waals surface area (Å²) < 4.78 is 19.1. The molecule has 1 unspecified atom stereocenters. The Bertz CT molecular complexity index is 507. The number of nitrogens with one attached hydrogen (secondary N) is 1. The third kappa shape index (κ3) is 5.79. The number of carbonyl (C=O) groups is 2. The molecule has 1 atom stereocenters. The summed E-state index contributed by atoms with van der Waals surface area (Å²) in [6.07, 6.45) is 0.0859. The van der Waals surface area contributed by atoms with Crippen molar-refractivity contribution in [1.29, 1.82) is 0 Å². The maximum absolute atomic E-state index is 13.5. The topological polar surface area (TPSA) is 95.9 Å². The smallest absolute Gasteiger partial charge is 0.303 e. The van der Waals surface area contributed by atoms with Crippen molar-refractivity contribution in [2.45, 2.75) is 25.4 Å². The molecule has 0 amide bonds. The van der Waals surface area contributed by atoms with Gasteiger partial charge in [-0.2, -0.15) is 0 Å². The van der Waals surface area contributed by atoms with Crippen LogP contribution in [0.15, 0.2) is 18.2 Å². The SMILES string of the molecule is CNCC1OCCc2cccc(F)c21.O=C(O)CCC(=O)O. The van der Waals surface area contributed by atoms with Crippen molar-refractivity contribution in [2.24, 2.45) is 0 Å². The van der Waals surface area contributed by atoms with Gasteiger partial charge in [0.2, 0.25) is 0 Å². The fourth-order valence-corrected chi connectivity index (χ4v) is 2.11. The first-order valence-corrected chi connectivity index (χ1v) is 6.92. The molecule has 1 heterocycles. The van der Waals surface area contributed by atoms with Crippen LogP contribution < -0.4 is 5.32 Å². The highest BCUT2D eigenvalue weighted by molar-refractivity contribution is 5.75. The van der Waals surface area contributed by atoms with Crippen LogP contribution in [0, 0.1) is 5.82 Å². The van der Waals surface area contributed by atoms with E-state index in [4.69, 9.17) is 14.9 Å². The van der Waals surface area contributed by atoms with E-state index < -0.39 is 11.9 Å². The van der Waals surface area contributed by atoms with Crippen LogP contribution in [0.4, 0.5) is 4.39 Å². The lowest BCUT2D eigenvalue weighted by Gasteiger charge is -2.26. The van der Waals surface area contributed by atoms with E-state index in [2.05, 4.69) is 5.32 Å². The minimum atomic E-state index is -1.08. The fraction of sp³-hybridized carbons (Fsp3) is 0.467. The summed E-state index contributed by atoms with van der Waals surface area (Å²) in [5.74, 6) is -2.30. The molecule has 1 aliphatic heterocycles. The first kappa shape index (κ1) is 18.1. The molecule has 1 aliphatic rings. The van der Waals surface area contributed by atoms with E-state index in [1.54, 1.807) is 6.07 Å². The van der Waals surface area contributed by atoms with Gasteiger partial charge in [0.25, 0.3) is 0 Å². The Labute approximate surface area is 127 Å². The number of hydrogen-bond acceptors (Lipinski definition) is 4. The van der Waals surface area contributed by atoms with E-state index in [0.717, 1.165) is 17.5 Å². The Morgan fingerprint density at radius 1 is 1.32 bits per heavy atom. The predicted octanol–water partition coefficient (Wildman–Crippen LogP) is 1.59. The average Bonchev–Trinajstić information content (AvgIpc) is 2.46. The monoisotopic (exact) mass is 313 g/mol. The Kier molecular flexibility index (Phi) is 7.48. The molecule has 0 aliphatic carbocycles. The van der Waals surface area contributed by atoms with Gasteiger partial charge in [-0.1, -0.05) is 12.1 Å². The van der Waals surface area contributed by atoms with Crippen molar-refractivity contribution in [3.63, 3.8) is 0 Å². The van der Waals surface area contributed by atoms with Gasteiger partial charge in [0.1, 0.15) is 5.82 Å². The van der Waals surface area contributed by atoms with E-state index in [0.29, 0.717) is 13.2 Å². The summed E-state index contributed by atoms with van der Waals surface area (Å²) in [6, 6.07) is 5.23. The lowest BCUT2D eigenvalue weighted by Crippen LogP contribution is -2.26. The normalized spacial score (nSPS) is 16.2. The molecule has 0 spiro atoms. The maximum Gasteiger partial charge on any atom is 0.303 e. The highest BCUT2D eigenvalue weighted by Crippen LogP contribution is 2.28. The van der Waals surface area contributed by atoms with Gasteiger partial charge in [0, 0.05) is 12.1 Å². The first-order valence-electron chi connectivity index (χ1n) is 6.92. The highest BCUT2D eigenvalue weighted by Gasteiger charge is 2.23. The van der Waals surface area contributed by atoms with Gasteiger partial charge in [0.15, 0.2) is 0 Å². The summed E-state index contributed by atoms with van der Waals surface area (Å²) in [5.41, 5.74) is 1.81. The standard InChI is InChI=1S/C11H14FNO.C4H6O4/c1-13-7-10-11-8(5-6-14-10)3-2-4-9(11)12;5-3(6)1-2-4(7)8/h2-4,10,13H,5-7H2,1H3;1-2H2,(H,5,6)(H,7,8). The molecule has 0 radical (unpaired) electrons. The average molecular weight is 313 g/mol. The van der Waals surface area contributed by atoms with E-state index in [9.17, 15) is 14.0 Å². The van der Waals surface area contributed by atoms with Gasteiger partial charge in [-0.3, -0.25) is 9.59 Å².